The van der Waals surface area contributed by atoms with E-state index in [1.165, 1.54) is 47.7 Å². The predicted octanol–water partition coefficient (Wildman–Crippen LogP) is 3.99. The third-order valence-corrected chi connectivity index (χ3v) is 4.73. The van der Waals surface area contributed by atoms with Crippen LogP contribution in [0.1, 0.15) is 60.6 Å². The molecule has 2 rings (SSSR count). The van der Waals surface area contributed by atoms with Gasteiger partial charge in [-0.3, -0.25) is 0 Å². The minimum absolute atomic E-state index is 0.404. The number of rotatable bonds is 5. The van der Waals surface area contributed by atoms with Crippen LogP contribution in [0.3, 0.4) is 0 Å². The van der Waals surface area contributed by atoms with E-state index in [-0.39, 0.29) is 0 Å². The third kappa shape index (κ3) is 3.52. The fraction of sp³-hybridized carbons (Fsp3) is 0.786. The average molecular weight is 252 g/mol. The zero-order valence-corrected chi connectivity index (χ0v) is 12.1. The van der Waals surface area contributed by atoms with Gasteiger partial charge in [-0.15, -0.1) is 11.3 Å². The van der Waals surface area contributed by atoms with E-state index in [4.69, 9.17) is 0 Å². The van der Waals surface area contributed by atoms with E-state index in [1.807, 2.05) is 0 Å². The van der Waals surface area contributed by atoms with Crippen LogP contribution >= 0.6 is 11.3 Å². The van der Waals surface area contributed by atoms with Crippen LogP contribution in [0, 0.1) is 19.8 Å². The van der Waals surface area contributed by atoms with Crippen molar-refractivity contribution in [2.24, 2.45) is 5.92 Å². The van der Waals surface area contributed by atoms with Crippen LogP contribution < -0.4 is 5.32 Å². The van der Waals surface area contributed by atoms with Crippen molar-refractivity contribution in [2.75, 3.05) is 6.54 Å². The van der Waals surface area contributed by atoms with E-state index >= 15 is 0 Å². The Labute approximate surface area is 109 Å². The molecule has 3 heteroatoms. The normalized spacial score (nSPS) is 18.8. The molecule has 0 amide bonds. The van der Waals surface area contributed by atoms with Crippen LogP contribution in [0.5, 0.6) is 0 Å². The highest BCUT2D eigenvalue weighted by atomic mass is 32.1. The smallest absolute Gasteiger partial charge is 0.0900 e. The van der Waals surface area contributed by atoms with Gasteiger partial charge in [-0.05, 0) is 39.7 Å². The van der Waals surface area contributed by atoms with Crippen molar-refractivity contribution < 1.29 is 0 Å². The maximum Gasteiger partial charge on any atom is 0.0900 e. The molecular formula is C14H24N2S. The molecule has 1 aromatic rings. The van der Waals surface area contributed by atoms with Crippen LogP contribution in [-0.4, -0.2) is 11.5 Å². The quantitative estimate of drug-likeness (QED) is 0.857. The summed E-state index contributed by atoms with van der Waals surface area (Å²) in [6.45, 7) is 7.64. The second-order valence-corrected chi connectivity index (χ2v) is 6.70. The molecular weight excluding hydrogens is 228 g/mol. The van der Waals surface area contributed by atoms with Gasteiger partial charge < -0.3 is 5.32 Å². The van der Waals surface area contributed by atoms with Gasteiger partial charge in [0.25, 0.3) is 0 Å². The number of aromatic nitrogens is 1. The monoisotopic (exact) mass is 252 g/mol. The Bertz CT molecular complexity index is 353. The Morgan fingerprint density at radius 2 is 2.06 bits per heavy atom. The maximum atomic E-state index is 4.62. The first-order chi connectivity index (χ1) is 8.16. The molecule has 1 aliphatic carbocycles. The minimum atomic E-state index is 0.404. The van der Waals surface area contributed by atoms with E-state index < -0.39 is 0 Å². The van der Waals surface area contributed by atoms with Crippen molar-refractivity contribution in [1.82, 2.24) is 10.3 Å². The lowest BCUT2D eigenvalue weighted by atomic mass is 10.0. The fourth-order valence-electron chi connectivity index (χ4n) is 2.85. The van der Waals surface area contributed by atoms with Crippen molar-refractivity contribution in [3.8, 4) is 0 Å². The molecule has 0 radical (unpaired) electrons. The molecule has 96 valence electrons. The van der Waals surface area contributed by atoms with Gasteiger partial charge in [0, 0.05) is 10.9 Å². The molecule has 0 aromatic carbocycles. The number of nitrogens with one attached hydrogen (secondary N) is 1. The fourth-order valence-corrected chi connectivity index (χ4v) is 3.76. The van der Waals surface area contributed by atoms with Gasteiger partial charge in [-0.25, -0.2) is 4.98 Å². The summed E-state index contributed by atoms with van der Waals surface area (Å²) in [6, 6.07) is 0.404. The van der Waals surface area contributed by atoms with E-state index in [0.717, 1.165) is 12.5 Å². The summed E-state index contributed by atoms with van der Waals surface area (Å²) in [5.41, 5.74) is 1.25. The van der Waals surface area contributed by atoms with Crippen molar-refractivity contribution in [3.63, 3.8) is 0 Å². The van der Waals surface area contributed by atoms with Gasteiger partial charge in [-0.1, -0.05) is 25.7 Å². The Morgan fingerprint density at radius 1 is 1.35 bits per heavy atom. The second-order valence-electron chi connectivity index (χ2n) is 5.29. The number of nitrogens with zero attached hydrogens (tertiary/aromatic N) is 1. The number of hydrogen-bond acceptors (Lipinski definition) is 3. The van der Waals surface area contributed by atoms with E-state index in [0.29, 0.717) is 6.04 Å². The predicted molar refractivity (Wildman–Crippen MR) is 74.6 cm³/mol. The van der Waals surface area contributed by atoms with Gasteiger partial charge in [0.05, 0.1) is 10.7 Å². The summed E-state index contributed by atoms with van der Waals surface area (Å²) in [4.78, 5) is 5.98. The van der Waals surface area contributed by atoms with Crippen LogP contribution in [0.15, 0.2) is 0 Å². The highest BCUT2D eigenvalue weighted by Gasteiger charge is 2.16. The second kappa shape index (κ2) is 5.96. The molecule has 0 aliphatic heterocycles. The molecule has 1 N–H and O–H groups in total. The summed E-state index contributed by atoms with van der Waals surface area (Å²) >= 11 is 1.81. The summed E-state index contributed by atoms with van der Waals surface area (Å²) in [5, 5.41) is 4.81. The number of thiazole rings is 1. The van der Waals surface area contributed by atoms with Gasteiger partial charge >= 0.3 is 0 Å². The zero-order chi connectivity index (χ0) is 12.3. The van der Waals surface area contributed by atoms with Crippen molar-refractivity contribution in [3.05, 3.63) is 15.6 Å². The first kappa shape index (κ1) is 13.0. The lowest BCUT2D eigenvalue weighted by molar-refractivity contribution is 0.452. The topological polar surface area (TPSA) is 24.9 Å². The molecule has 0 bridgehead atoms. The summed E-state index contributed by atoms with van der Waals surface area (Å²) < 4.78 is 0. The number of hydrogen-bond donors (Lipinski definition) is 1. The van der Waals surface area contributed by atoms with Crippen molar-refractivity contribution in [2.45, 2.75) is 58.9 Å². The Hall–Kier alpha value is -0.410. The molecule has 0 spiro atoms. The zero-order valence-electron chi connectivity index (χ0n) is 11.3. The van der Waals surface area contributed by atoms with E-state index in [9.17, 15) is 0 Å². The lowest BCUT2D eigenvalue weighted by Crippen LogP contribution is -2.22. The van der Waals surface area contributed by atoms with Crippen LogP contribution in [0.25, 0.3) is 0 Å². The van der Waals surface area contributed by atoms with Gasteiger partial charge in [0.15, 0.2) is 0 Å². The van der Waals surface area contributed by atoms with Crippen molar-refractivity contribution >= 4 is 11.3 Å². The van der Waals surface area contributed by atoms with Gasteiger partial charge in [0.1, 0.15) is 0 Å². The molecule has 1 atom stereocenters. The molecule has 1 heterocycles. The van der Waals surface area contributed by atoms with Gasteiger partial charge in [0.2, 0.25) is 0 Å². The molecule has 1 unspecified atom stereocenters. The standard InChI is InChI=1S/C14H24N2S/c1-10(14-11(2)17-12(3)16-14)15-9-8-13-6-4-5-7-13/h10,13,15H,4-9H2,1-3H3. The van der Waals surface area contributed by atoms with Gasteiger partial charge in [-0.2, -0.15) is 0 Å². The Morgan fingerprint density at radius 3 is 2.65 bits per heavy atom. The largest absolute Gasteiger partial charge is 0.309 e. The SMILES string of the molecule is Cc1nc(C(C)NCCC2CCCC2)c(C)s1. The molecule has 1 saturated carbocycles. The lowest BCUT2D eigenvalue weighted by Gasteiger charge is -2.15. The minimum Gasteiger partial charge on any atom is -0.309 e. The highest BCUT2D eigenvalue weighted by Crippen LogP contribution is 2.27. The molecule has 1 aromatic heterocycles. The van der Waals surface area contributed by atoms with Crippen LogP contribution in [0.2, 0.25) is 0 Å². The molecule has 17 heavy (non-hydrogen) atoms. The summed E-state index contributed by atoms with van der Waals surface area (Å²) in [6.07, 6.45) is 7.14. The molecule has 1 aliphatic rings. The maximum absolute atomic E-state index is 4.62. The van der Waals surface area contributed by atoms with E-state index in [1.54, 1.807) is 11.3 Å². The Kier molecular flexibility index (Phi) is 4.57. The highest BCUT2D eigenvalue weighted by molar-refractivity contribution is 7.11. The van der Waals surface area contributed by atoms with Crippen LogP contribution in [-0.2, 0) is 0 Å². The number of aryl methyl sites for hydroxylation is 2. The third-order valence-electron chi connectivity index (χ3n) is 3.83. The first-order valence-corrected chi connectivity index (χ1v) is 7.65. The molecule has 0 saturated heterocycles. The summed E-state index contributed by atoms with van der Waals surface area (Å²) in [7, 11) is 0. The average Bonchev–Trinajstić information content (AvgIpc) is 2.88. The summed E-state index contributed by atoms with van der Waals surface area (Å²) in [5.74, 6) is 0.980. The molecule has 1 fully saturated rings. The van der Waals surface area contributed by atoms with Crippen molar-refractivity contribution in [1.29, 1.82) is 0 Å². The van der Waals surface area contributed by atoms with Crippen LogP contribution in [0.4, 0.5) is 0 Å². The first-order valence-electron chi connectivity index (χ1n) is 6.84. The molecule has 2 nitrogen and oxygen atoms in total. The Balaban J connectivity index is 1.76. The van der Waals surface area contributed by atoms with E-state index in [2.05, 4.69) is 31.1 Å².